The van der Waals surface area contributed by atoms with E-state index in [1.165, 1.54) is 7.05 Å². The molecule has 6 heteroatoms. The lowest BCUT2D eigenvalue weighted by atomic mass is 10.2. The Morgan fingerprint density at radius 2 is 1.71 bits per heavy atom. The molecule has 0 atom stereocenters. The van der Waals surface area contributed by atoms with Gasteiger partial charge in [0.1, 0.15) is 0 Å². The van der Waals surface area contributed by atoms with E-state index in [1.54, 1.807) is 7.11 Å². The van der Waals surface area contributed by atoms with Crippen LogP contribution in [0.4, 0.5) is 5.69 Å². The first-order valence-corrected chi connectivity index (χ1v) is 8.23. The maximum Gasteiger partial charge on any atom is 0.225 e. The van der Waals surface area contributed by atoms with Crippen LogP contribution < -0.4 is 5.32 Å². The van der Waals surface area contributed by atoms with Gasteiger partial charge in [-0.05, 0) is 12.1 Å². The third-order valence-electron chi connectivity index (χ3n) is 3.79. The van der Waals surface area contributed by atoms with Gasteiger partial charge in [-0.15, -0.1) is 0 Å². The number of nitrogens with one attached hydrogen (secondary N) is 1. The number of ether oxygens (including phenoxy) is 1. The number of amides is 1. The van der Waals surface area contributed by atoms with Crippen LogP contribution in [0.5, 0.6) is 0 Å². The first-order valence-electron chi connectivity index (χ1n) is 8.23. The standard InChI is InChI=1S/C16H25N3O2.C2H3N/c1-21-14-13-19-11-9-18(10-12-19)8-7-16(20)17-15-5-3-2-4-6-15;1-3-2/h2-6H,7-14H2,1H3,(H,17,20);1H3. The summed E-state index contributed by atoms with van der Waals surface area (Å²) in [5, 5.41) is 2.93. The van der Waals surface area contributed by atoms with Crippen LogP contribution in [0.1, 0.15) is 6.42 Å². The number of benzene rings is 1. The van der Waals surface area contributed by atoms with Crippen LogP contribution in [0.3, 0.4) is 0 Å². The molecule has 1 heterocycles. The number of rotatable bonds is 7. The van der Waals surface area contributed by atoms with E-state index in [0.717, 1.165) is 51.6 Å². The molecule has 0 aliphatic carbocycles. The molecule has 1 aromatic carbocycles. The molecule has 1 amide bonds. The largest absolute Gasteiger partial charge is 0.383 e. The number of anilines is 1. The molecule has 0 saturated carbocycles. The molecule has 6 nitrogen and oxygen atoms in total. The molecule has 1 aromatic rings. The van der Waals surface area contributed by atoms with Gasteiger partial charge in [0, 0.05) is 58.5 Å². The van der Waals surface area contributed by atoms with Gasteiger partial charge in [-0.1, -0.05) is 18.2 Å². The van der Waals surface area contributed by atoms with E-state index in [4.69, 9.17) is 11.3 Å². The molecule has 132 valence electrons. The summed E-state index contributed by atoms with van der Waals surface area (Å²) in [4.78, 5) is 19.4. The number of hydrogen-bond donors (Lipinski definition) is 1. The fourth-order valence-corrected chi connectivity index (χ4v) is 2.46. The van der Waals surface area contributed by atoms with Crippen LogP contribution in [0.15, 0.2) is 30.3 Å². The third-order valence-corrected chi connectivity index (χ3v) is 3.79. The van der Waals surface area contributed by atoms with Gasteiger partial charge >= 0.3 is 0 Å². The minimum atomic E-state index is 0.0861. The first-order chi connectivity index (χ1) is 11.7. The highest BCUT2D eigenvalue weighted by molar-refractivity contribution is 5.90. The quantitative estimate of drug-likeness (QED) is 0.774. The van der Waals surface area contributed by atoms with Crippen LogP contribution in [0, 0.1) is 6.57 Å². The predicted molar refractivity (Wildman–Crippen MR) is 97.0 cm³/mol. The van der Waals surface area contributed by atoms with Crippen molar-refractivity contribution in [3.05, 3.63) is 41.7 Å². The highest BCUT2D eigenvalue weighted by atomic mass is 16.5. The number of carbonyl (C=O) groups excluding carboxylic acids is 1. The van der Waals surface area contributed by atoms with Gasteiger partial charge in [0.25, 0.3) is 0 Å². The molecule has 1 aliphatic rings. The lowest BCUT2D eigenvalue weighted by molar-refractivity contribution is -0.116. The molecule has 24 heavy (non-hydrogen) atoms. The summed E-state index contributed by atoms with van der Waals surface area (Å²) < 4.78 is 5.10. The second kappa shape index (κ2) is 12.5. The van der Waals surface area contributed by atoms with Gasteiger partial charge in [0.15, 0.2) is 0 Å². The lowest BCUT2D eigenvalue weighted by Gasteiger charge is -2.34. The van der Waals surface area contributed by atoms with Gasteiger partial charge in [0.05, 0.1) is 6.61 Å². The van der Waals surface area contributed by atoms with Crippen molar-refractivity contribution in [2.75, 3.05) is 65.3 Å². The Morgan fingerprint density at radius 1 is 1.17 bits per heavy atom. The second-order valence-electron chi connectivity index (χ2n) is 5.56. The zero-order chi connectivity index (χ0) is 17.6. The number of piperazine rings is 1. The Bertz CT molecular complexity index is 493. The minimum Gasteiger partial charge on any atom is -0.383 e. The van der Waals surface area contributed by atoms with E-state index in [1.807, 2.05) is 30.3 Å². The fourth-order valence-electron chi connectivity index (χ4n) is 2.46. The van der Waals surface area contributed by atoms with Crippen molar-refractivity contribution >= 4 is 11.6 Å². The monoisotopic (exact) mass is 332 g/mol. The molecular weight excluding hydrogens is 304 g/mol. The fraction of sp³-hybridized carbons (Fsp3) is 0.556. The van der Waals surface area contributed by atoms with Gasteiger partial charge in [0.2, 0.25) is 13.0 Å². The van der Waals surface area contributed by atoms with Gasteiger partial charge in [-0.25, -0.2) is 6.57 Å². The molecule has 1 N–H and O–H groups in total. The maximum atomic E-state index is 11.9. The van der Waals surface area contributed by atoms with E-state index >= 15 is 0 Å². The lowest BCUT2D eigenvalue weighted by Crippen LogP contribution is -2.47. The molecule has 0 spiro atoms. The number of para-hydroxylation sites is 1. The number of hydrogen-bond acceptors (Lipinski definition) is 4. The Labute approximate surface area is 145 Å². The van der Waals surface area contributed by atoms with Crippen molar-refractivity contribution in [3.8, 4) is 0 Å². The van der Waals surface area contributed by atoms with Crippen molar-refractivity contribution in [1.82, 2.24) is 9.80 Å². The van der Waals surface area contributed by atoms with E-state index in [2.05, 4.69) is 20.0 Å². The third kappa shape index (κ3) is 8.63. The van der Waals surface area contributed by atoms with Crippen molar-refractivity contribution in [2.24, 2.45) is 0 Å². The molecule has 0 unspecified atom stereocenters. The van der Waals surface area contributed by atoms with Crippen molar-refractivity contribution in [2.45, 2.75) is 6.42 Å². The van der Waals surface area contributed by atoms with Crippen LogP contribution in [-0.2, 0) is 9.53 Å². The normalized spacial score (nSPS) is 15.0. The second-order valence-corrected chi connectivity index (χ2v) is 5.56. The number of methoxy groups -OCH3 is 1. The predicted octanol–water partition coefficient (Wildman–Crippen LogP) is 1.81. The van der Waals surface area contributed by atoms with Crippen molar-refractivity contribution in [1.29, 1.82) is 0 Å². The van der Waals surface area contributed by atoms with Crippen molar-refractivity contribution < 1.29 is 9.53 Å². The molecular formula is C18H28N4O2. The maximum absolute atomic E-state index is 11.9. The molecule has 1 aliphatic heterocycles. The Morgan fingerprint density at radius 3 is 2.25 bits per heavy atom. The topological polar surface area (TPSA) is 49.2 Å². The SMILES string of the molecule is COCCN1CCN(CCC(=O)Nc2ccccc2)CC1.[C-]#[N+]C. The summed E-state index contributed by atoms with van der Waals surface area (Å²) in [7, 11) is 3.15. The summed E-state index contributed by atoms with van der Waals surface area (Å²) in [6, 6.07) is 9.61. The zero-order valence-electron chi connectivity index (χ0n) is 14.7. The highest BCUT2D eigenvalue weighted by Crippen LogP contribution is 2.07. The molecule has 2 rings (SSSR count). The average Bonchev–Trinajstić information content (AvgIpc) is 2.61. The smallest absolute Gasteiger partial charge is 0.225 e. The molecule has 0 radical (unpaired) electrons. The zero-order valence-corrected chi connectivity index (χ0v) is 14.7. The first kappa shape index (κ1) is 20.1. The molecule has 0 aromatic heterocycles. The highest BCUT2D eigenvalue weighted by Gasteiger charge is 2.16. The van der Waals surface area contributed by atoms with Crippen LogP contribution in [-0.4, -0.2) is 75.7 Å². The average molecular weight is 332 g/mol. The summed E-state index contributed by atoms with van der Waals surface area (Å²) in [5.41, 5.74) is 0.867. The summed E-state index contributed by atoms with van der Waals surface area (Å²) >= 11 is 0. The summed E-state index contributed by atoms with van der Waals surface area (Å²) in [5.74, 6) is 0.0861. The van der Waals surface area contributed by atoms with E-state index < -0.39 is 0 Å². The van der Waals surface area contributed by atoms with Crippen molar-refractivity contribution in [3.63, 3.8) is 0 Å². The summed E-state index contributed by atoms with van der Waals surface area (Å²) in [6.45, 7) is 12.6. The van der Waals surface area contributed by atoms with Gasteiger partial charge < -0.3 is 19.8 Å². The molecule has 1 fully saturated rings. The Balaban J connectivity index is 0.000000891. The minimum absolute atomic E-state index is 0.0861. The van der Waals surface area contributed by atoms with Gasteiger partial charge in [-0.2, -0.15) is 0 Å². The Kier molecular flexibility index (Phi) is 10.5. The Hall–Kier alpha value is -1.94. The van der Waals surface area contributed by atoms with Crippen LogP contribution in [0.2, 0.25) is 0 Å². The number of nitrogens with zero attached hydrogens (tertiary/aromatic N) is 3. The van der Waals surface area contributed by atoms with E-state index in [9.17, 15) is 4.79 Å². The number of carbonyl (C=O) groups is 1. The van der Waals surface area contributed by atoms with E-state index in [-0.39, 0.29) is 5.91 Å². The van der Waals surface area contributed by atoms with Gasteiger partial charge in [-0.3, -0.25) is 9.69 Å². The molecule has 1 saturated heterocycles. The van der Waals surface area contributed by atoms with Crippen LogP contribution >= 0.6 is 0 Å². The molecule has 0 bridgehead atoms. The van der Waals surface area contributed by atoms with Crippen LogP contribution in [0.25, 0.3) is 4.85 Å². The summed E-state index contributed by atoms with van der Waals surface area (Å²) in [6.07, 6.45) is 0.549. The van der Waals surface area contributed by atoms with E-state index in [0.29, 0.717) is 6.42 Å².